The number of guanidine groups is 1. The number of nitrogens with zero attached hydrogens (tertiary/aromatic N) is 2. The molecule has 1 saturated carbocycles. The van der Waals surface area contributed by atoms with E-state index in [0.717, 1.165) is 37.0 Å². The van der Waals surface area contributed by atoms with E-state index in [0.29, 0.717) is 18.1 Å². The minimum absolute atomic E-state index is 0.162. The third kappa shape index (κ3) is 2.74. The first-order valence-electron chi connectivity index (χ1n) is 8.08. The van der Waals surface area contributed by atoms with Gasteiger partial charge in [0.2, 0.25) is 0 Å². The van der Waals surface area contributed by atoms with Gasteiger partial charge in [-0.05, 0) is 12.8 Å². The molecule has 1 aromatic heterocycles. The van der Waals surface area contributed by atoms with Crippen LogP contribution in [0.1, 0.15) is 37.1 Å². The van der Waals surface area contributed by atoms with Crippen molar-refractivity contribution in [1.29, 1.82) is 0 Å². The van der Waals surface area contributed by atoms with Gasteiger partial charge >= 0.3 is 0 Å². The molecule has 1 saturated heterocycles. The zero-order chi connectivity index (χ0) is 15.7. The van der Waals surface area contributed by atoms with Gasteiger partial charge in [0.05, 0.1) is 12.6 Å². The molecule has 5 nitrogen and oxygen atoms in total. The molecule has 1 aliphatic carbocycles. The maximum absolute atomic E-state index is 5.85. The van der Waals surface area contributed by atoms with Crippen molar-refractivity contribution in [1.82, 2.24) is 15.6 Å². The number of aromatic nitrogens is 1. The number of fused-ring (bicyclic) bond motifs is 1. The van der Waals surface area contributed by atoms with Crippen molar-refractivity contribution in [3.05, 3.63) is 16.1 Å². The SMILES string of the molecule is CCc1cnc(CNC(=NC)NC2C3CCOC3C2(C)C)s1. The van der Waals surface area contributed by atoms with Crippen molar-refractivity contribution in [3.63, 3.8) is 0 Å². The number of nitrogens with one attached hydrogen (secondary N) is 2. The van der Waals surface area contributed by atoms with Crippen molar-refractivity contribution < 1.29 is 4.74 Å². The van der Waals surface area contributed by atoms with Crippen LogP contribution in [0.2, 0.25) is 0 Å². The fraction of sp³-hybridized carbons (Fsp3) is 0.750. The zero-order valence-electron chi connectivity index (χ0n) is 13.8. The standard InChI is InChI=1S/C16H26N4OS/c1-5-10-8-18-12(22-10)9-19-15(17-4)20-13-11-6-7-21-14(11)16(13,2)3/h8,11,13-14H,5-7,9H2,1-4H3,(H2,17,19,20). The summed E-state index contributed by atoms with van der Waals surface area (Å²) in [4.78, 5) is 10.1. The average Bonchev–Trinajstić information content (AvgIpc) is 3.15. The second-order valence-electron chi connectivity index (χ2n) is 6.69. The highest BCUT2D eigenvalue weighted by molar-refractivity contribution is 7.11. The van der Waals surface area contributed by atoms with E-state index in [9.17, 15) is 0 Å². The summed E-state index contributed by atoms with van der Waals surface area (Å²) in [6, 6.07) is 0.425. The molecule has 2 N–H and O–H groups in total. The number of hydrogen-bond acceptors (Lipinski definition) is 4. The third-order valence-electron chi connectivity index (χ3n) is 4.97. The molecular weight excluding hydrogens is 296 g/mol. The Balaban J connectivity index is 1.56. The lowest BCUT2D eigenvalue weighted by Gasteiger charge is -2.54. The molecule has 2 heterocycles. The van der Waals surface area contributed by atoms with Crippen LogP contribution in [0, 0.1) is 11.3 Å². The molecule has 3 unspecified atom stereocenters. The Bertz CT molecular complexity index is 554. The second-order valence-corrected chi connectivity index (χ2v) is 7.89. The Kier molecular flexibility index (Phi) is 4.41. The van der Waals surface area contributed by atoms with E-state index in [1.54, 1.807) is 11.3 Å². The van der Waals surface area contributed by atoms with Gasteiger partial charge in [-0.2, -0.15) is 0 Å². The Morgan fingerprint density at radius 3 is 3.05 bits per heavy atom. The van der Waals surface area contributed by atoms with Crippen LogP contribution in [0.4, 0.5) is 0 Å². The molecule has 1 aliphatic heterocycles. The summed E-state index contributed by atoms with van der Waals surface area (Å²) < 4.78 is 5.85. The van der Waals surface area contributed by atoms with Crippen molar-refractivity contribution >= 4 is 17.3 Å². The van der Waals surface area contributed by atoms with Crippen LogP contribution >= 0.6 is 11.3 Å². The Morgan fingerprint density at radius 1 is 1.55 bits per heavy atom. The van der Waals surface area contributed by atoms with Crippen LogP contribution in [0.5, 0.6) is 0 Å². The van der Waals surface area contributed by atoms with Crippen molar-refractivity contribution in [3.8, 4) is 0 Å². The predicted octanol–water partition coefficient (Wildman–Crippen LogP) is 2.18. The lowest BCUT2D eigenvalue weighted by molar-refractivity contribution is -0.106. The Morgan fingerprint density at radius 2 is 2.36 bits per heavy atom. The summed E-state index contributed by atoms with van der Waals surface area (Å²) in [6.07, 6.45) is 4.56. The Hall–Kier alpha value is -1.14. The molecule has 0 bridgehead atoms. The summed E-state index contributed by atoms with van der Waals surface area (Å²) in [5.74, 6) is 1.47. The number of hydrogen-bond donors (Lipinski definition) is 2. The fourth-order valence-corrected chi connectivity index (χ4v) is 4.51. The number of ether oxygens (including phenoxy) is 1. The van der Waals surface area contributed by atoms with Gasteiger partial charge < -0.3 is 15.4 Å². The zero-order valence-corrected chi connectivity index (χ0v) is 14.7. The molecule has 0 aromatic carbocycles. The average molecular weight is 322 g/mol. The van der Waals surface area contributed by atoms with E-state index in [4.69, 9.17) is 4.74 Å². The lowest BCUT2D eigenvalue weighted by atomic mass is 9.57. The van der Waals surface area contributed by atoms with Gasteiger partial charge in [-0.25, -0.2) is 4.98 Å². The number of rotatable bonds is 4. The summed E-state index contributed by atoms with van der Waals surface area (Å²) in [5.41, 5.74) is 0.162. The number of aliphatic imine (C=N–C) groups is 1. The highest BCUT2D eigenvalue weighted by Gasteiger charge is 2.59. The fourth-order valence-electron chi connectivity index (χ4n) is 3.71. The minimum Gasteiger partial charge on any atom is -0.377 e. The van der Waals surface area contributed by atoms with Gasteiger partial charge in [-0.15, -0.1) is 11.3 Å². The normalized spacial score (nSPS) is 29.8. The van der Waals surface area contributed by atoms with Crippen LogP contribution < -0.4 is 10.6 Å². The van der Waals surface area contributed by atoms with Gasteiger partial charge in [-0.3, -0.25) is 4.99 Å². The Labute approximate surface area is 136 Å². The quantitative estimate of drug-likeness (QED) is 0.659. The van der Waals surface area contributed by atoms with Crippen LogP contribution in [-0.4, -0.2) is 36.7 Å². The first kappa shape index (κ1) is 15.7. The van der Waals surface area contributed by atoms with Crippen LogP contribution in [0.15, 0.2) is 11.2 Å². The second kappa shape index (κ2) is 6.16. The topological polar surface area (TPSA) is 58.5 Å². The minimum atomic E-state index is 0.162. The van der Waals surface area contributed by atoms with Crippen molar-refractivity contribution in [2.75, 3.05) is 13.7 Å². The first-order chi connectivity index (χ1) is 10.6. The molecule has 22 heavy (non-hydrogen) atoms. The highest BCUT2D eigenvalue weighted by atomic mass is 32.1. The van der Waals surface area contributed by atoms with Gasteiger partial charge in [0.25, 0.3) is 0 Å². The molecule has 0 spiro atoms. The van der Waals surface area contributed by atoms with Gasteiger partial charge in [0.15, 0.2) is 5.96 Å². The molecule has 3 rings (SSSR count). The van der Waals surface area contributed by atoms with Crippen molar-refractivity contribution in [2.24, 2.45) is 16.3 Å². The third-order valence-corrected chi connectivity index (χ3v) is 6.11. The van der Waals surface area contributed by atoms with Crippen LogP contribution in [-0.2, 0) is 17.7 Å². The number of aryl methyl sites for hydroxylation is 1. The maximum Gasteiger partial charge on any atom is 0.191 e. The van der Waals surface area contributed by atoms with E-state index in [1.165, 1.54) is 4.88 Å². The molecule has 122 valence electrons. The van der Waals surface area contributed by atoms with E-state index < -0.39 is 0 Å². The first-order valence-corrected chi connectivity index (χ1v) is 8.90. The van der Waals surface area contributed by atoms with Gasteiger partial charge in [0.1, 0.15) is 5.01 Å². The summed E-state index contributed by atoms with van der Waals surface area (Å²) in [5, 5.41) is 8.08. The van der Waals surface area contributed by atoms with Gasteiger partial charge in [-0.1, -0.05) is 20.8 Å². The molecule has 2 fully saturated rings. The monoisotopic (exact) mass is 322 g/mol. The van der Waals surface area contributed by atoms with Crippen LogP contribution in [0.25, 0.3) is 0 Å². The molecule has 0 amide bonds. The largest absolute Gasteiger partial charge is 0.377 e. The summed E-state index contributed by atoms with van der Waals surface area (Å²) in [7, 11) is 1.82. The lowest BCUT2D eigenvalue weighted by Crippen LogP contribution is -2.67. The maximum atomic E-state index is 5.85. The predicted molar refractivity (Wildman–Crippen MR) is 90.2 cm³/mol. The van der Waals surface area contributed by atoms with Crippen LogP contribution in [0.3, 0.4) is 0 Å². The molecule has 1 aromatic rings. The smallest absolute Gasteiger partial charge is 0.191 e. The molecule has 2 aliphatic rings. The summed E-state index contributed by atoms with van der Waals surface area (Å²) >= 11 is 1.76. The highest BCUT2D eigenvalue weighted by Crippen LogP contribution is 2.52. The van der Waals surface area contributed by atoms with Crippen molar-refractivity contribution in [2.45, 2.75) is 52.3 Å². The van der Waals surface area contributed by atoms with Gasteiger partial charge in [0, 0.05) is 42.1 Å². The molecule has 3 atom stereocenters. The van der Waals surface area contributed by atoms with E-state index in [2.05, 4.69) is 41.4 Å². The van der Waals surface area contributed by atoms with E-state index in [-0.39, 0.29) is 5.41 Å². The van der Waals surface area contributed by atoms with E-state index >= 15 is 0 Å². The summed E-state index contributed by atoms with van der Waals surface area (Å²) in [6.45, 7) is 8.32. The number of thiazole rings is 1. The molecule has 6 heteroatoms. The molecule has 0 radical (unpaired) electrons. The molecular formula is C16H26N4OS. The van der Waals surface area contributed by atoms with E-state index in [1.807, 2.05) is 13.2 Å².